The molecule has 262 valence electrons. The Bertz CT molecular complexity index is 3240. The minimum absolute atomic E-state index is 1.12. The van der Waals surface area contributed by atoms with Crippen molar-refractivity contribution in [2.75, 3.05) is 4.90 Å². The Kier molecular flexibility index (Phi) is 7.75. The number of rotatable bonds is 6. The van der Waals surface area contributed by atoms with Crippen LogP contribution in [0.15, 0.2) is 212 Å². The quantitative estimate of drug-likeness (QED) is 0.154. The summed E-state index contributed by atoms with van der Waals surface area (Å²) in [6.07, 6.45) is 0. The summed E-state index contributed by atoms with van der Waals surface area (Å²) < 4.78 is 2.57. The van der Waals surface area contributed by atoms with Crippen molar-refractivity contribution in [2.24, 2.45) is 0 Å². The maximum absolute atomic E-state index is 2.51. The Morgan fingerprint density at radius 3 is 1.55 bits per heavy atom. The summed E-state index contributed by atoms with van der Waals surface area (Å²) in [7, 11) is 0. The van der Waals surface area contributed by atoms with Crippen LogP contribution >= 0.6 is 11.3 Å². The van der Waals surface area contributed by atoms with Crippen molar-refractivity contribution in [3.63, 3.8) is 0 Å². The lowest BCUT2D eigenvalue weighted by atomic mass is 9.85. The third kappa shape index (κ3) is 5.22. The molecule has 0 saturated heterocycles. The average Bonchev–Trinajstić information content (AvgIpc) is 3.66. The fourth-order valence-electron chi connectivity index (χ4n) is 8.79. The molecule has 10 aromatic carbocycles. The molecule has 1 heterocycles. The molecule has 0 aliphatic heterocycles. The maximum Gasteiger partial charge on any atom is 0.0640 e. The number of hydrogen-bond acceptors (Lipinski definition) is 2. The van der Waals surface area contributed by atoms with E-state index in [0.29, 0.717) is 0 Å². The van der Waals surface area contributed by atoms with Gasteiger partial charge in [-0.2, -0.15) is 0 Å². The van der Waals surface area contributed by atoms with Gasteiger partial charge < -0.3 is 4.90 Å². The summed E-state index contributed by atoms with van der Waals surface area (Å²) in [6.45, 7) is 0. The van der Waals surface area contributed by atoms with Crippen LogP contribution in [0.1, 0.15) is 0 Å². The van der Waals surface area contributed by atoms with E-state index in [2.05, 4.69) is 217 Å². The standard InChI is InChI=1S/C54H35NS/c1-4-17-36(18-5-1)40-33-34-49(44-25-12-10-23-41(40)44)55(50-29-16-28-47-45-26-14-15-30-51(45)56-54(47)50)39-31-32-43-42-24-11-13-27-46(42)52(37-19-6-2-7-20-37)53(48(43)35-39)38-21-8-3-9-22-38/h1-35H. The Morgan fingerprint density at radius 2 is 0.839 bits per heavy atom. The van der Waals surface area contributed by atoms with E-state index in [-0.39, 0.29) is 0 Å². The van der Waals surface area contributed by atoms with Gasteiger partial charge in [-0.1, -0.05) is 182 Å². The van der Waals surface area contributed by atoms with Gasteiger partial charge in [0.05, 0.1) is 16.1 Å². The highest BCUT2D eigenvalue weighted by atomic mass is 32.1. The number of hydrogen-bond donors (Lipinski definition) is 0. The second kappa shape index (κ2) is 13.4. The second-order valence-electron chi connectivity index (χ2n) is 14.4. The van der Waals surface area contributed by atoms with E-state index in [4.69, 9.17) is 0 Å². The van der Waals surface area contributed by atoms with Crippen molar-refractivity contribution < 1.29 is 0 Å². The van der Waals surface area contributed by atoms with Crippen LogP contribution < -0.4 is 4.90 Å². The van der Waals surface area contributed by atoms with Crippen LogP contribution in [0.2, 0.25) is 0 Å². The molecule has 11 aromatic rings. The third-order valence-corrected chi connectivity index (χ3v) is 12.5. The molecular weight excluding hydrogens is 695 g/mol. The molecule has 11 rings (SSSR count). The first-order valence-electron chi connectivity index (χ1n) is 19.2. The molecule has 0 atom stereocenters. The van der Waals surface area contributed by atoms with Crippen molar-refractivity contribution in [2.45, 2.75) is 0 Å². The van der Waals surface area contributed by atoms with E-state index >= 15 is 0 Å². The highest BCUT2D eigenvalue weighted by Gasteiger charge is 2.23. The number of anilines is 3. The number of nitrogens with zero attached hydrogens (tertiary/aromatic N) is 1. The van der Waals surface area contributed by atoms with Gasteiger partial charge in [0, 0.05) is 26.5 Å². The lowest BCUT2D eigenvalue weighted by Crippen LogP contribution is -2.11. The SMILES string of the molecule is c1ccc(-c2ccc(N(c3ccc4c(c3)c(-c3ccccc3)c(-c3ccccc3)c3ccccc34)c3cccc4c3sc3ccccc34)c3ccccc23)cc1. The molecule has 0 spiro atoms. The highest BCUT2D eigenvalue weighted by molar-refractivity contribution is 7.26. The zero-order chi connectivity index (χ0) is 37.0. The van der Waals surface area contributed by atoms with Crippen LogP contribution in [-0.4, -0.2) is 0 Å². The summed E-state index contributed by atoms with van der Waals surface area (Å²) in [5, 5.41) is 9.99. The van der Waals surface area contributed by atoms with Gasteiger partial charge in [0.25, 0.3) is 0 Å². The van der Waals surface area contributed by atoms with Crippen LogP contribution in [0, 0.1) is 0 Å². The van der Waals surface area contributed by atoms with Gasteiger partial charge in [-0.25, -0.2) is 0 Å². The van der Waals surface area contributed by atoms with E-state index < -0.39 is 0 Å². The molecule has 0 aliphatic carbocycles. The third-order valence-electron chi connectivity index (χ3n) is 11.2. The number of benzene rings is 10. The molecule has 0 radical (unpaired) electrons. The van der Waals surface area contributed by atoms with E-state index in [9.17, 15) is 0 Å². The van der Waals surface area contributed by atoms with Crippen LogP contribution in [0.3, 0.4) is 0 Å². The minimum atomic E-state index is 1.12. The average molecular weight is 730 g/mol. The minimum Gasteiger partial charge on any atom is -0.308 e. The number of fused-ring (bicyclic) bond motifs is 7. The largest absolute Gasteiger partial charge is 0.308 e. The summed E-state index contributed by atoms with van der Waals surface area (Å²) >= 11 is 1.87. The molecule has 0 bridgehead atoms. The van der Waals surface area contributed by atoms with Gasteiger partial charge in [-0.15, -0.1) is 11.3 Å². The molecule has 0 unspecified atom stereocenters. The van der Waals surface area contributed by atoms with Gasteiger partial charge in [0.15, 0.2) is 0 Å². The molecule has 1 nitrogen and oxygen atoms in total. The summed E-state index contributed by atoms with van der Waals surface area (Å²) in [6, 6.07) is 77.7. The van der Waals surface area contributed by atoms with Gasteiger partial charge in [0.2, 0.25) is 0 Å². The first kappa shape index (κ1) is 32.4. The summed E-state index contributed by atoms with van der Waals surface area (Å²) in [4.78, 5) is 2.51. The molecular formula is C54H35NS. The van der Waals surface area contributed by atoms with Gasteiger partial charge >= 0.3 is 0 Å². The predicted molar refractivity (Wildman–Crippen MR) is 243 cm³/mol. The Labute approximate surface area is 330 Å². The Balaban J connectivity index is 1.26. The first-order chi connectivity index (χ1) is 27.8. The zero-order valence-corrected chi connectivity index (χ0v) is 31.4. The molecule has 1 aromatic heterocycles. The molecule has 0 saturated carbocycles. The molecule has 2 heteroatoms. The predicted octanol–water partition coefficient (Wildman–Crippen LogP) is 16.0. The Hall–Kier alpha value is -7.00. The van der Waals surface area contributed by atoms with Crippen LogP contribution in [0.5, 0.6) is 0 Å². The summed E-state index contributed by atoms with van der Waals surface area (Å²) in [5.74, 6) is 0. The normalized spacial score (nSPS) is 11.6. The maximum atomic E-state index is 2.51. The molecule has 0 fully saturated rings. The van der Waals surface area contributed by atoms with E-state index in [1.807, 2.05) is 11.3 Å². The molecule has 0 aliphatic rings. The fourth-order valence-corrected chi connectivity index (χ4v) is 10.00. The van der Waals surface area contributed by atoms with Crippen LogP contribution in [0.4, 0.5) is 17.1 Å². The van der Waals surface area contributed by atoms with Crippen molar-refractivity contribution in [3.05, 3.63) is 212 Å². The molecule has 0 amide bonds. The van der Waals surface area contributed by atoms with Gasteiger partial charge in [-0.3, -0.25) is 0 Å². The molecule has 56 heavy (non-hydrogen) atoms. The smallest absolute Gasteiger partial charge is 0.0640 e. The van der Waals surface area contributed by atoms with E-state index in [1.54, 1.807) is 0 Å². The lowest BCUT2D eigenvalue weighted by molar-refractivity contribution is 1.32. The highest BCUT2D eigenvalue weighted by Crippen LogP contribution is 2.50. The Morgan fingerprint density at radius 1 is 0.304 bits per heavy atom. The summed E-state index contributed by atoms with van der Waals surface area (Å²) in [5.41, 5.74) is 10.8. The lowest BCUT2D eigenvalue weighted by Gasteiger charge is -2.29. The van der Waals surface area contributed by atoms with Crippen LogP contribution in [0.25, 0.3) is 85.9 Å². The first-order valence-corrected chi connectivity index (χ1v) is 20.0. The number of thiophene rings is 1. The van der Waals surface area contributed by atoms with Crippen molar-refractivity contribution in [3.8, 4) is 33.4 Å². The zero-order valence-electron chi connectivity index (χ0n) is 30.6. The molecule has 0 N–H and O–H groups in total. The topological polar surface area (TPSA) is 3.24 Å². The van der Waals surface area contributed by atoms with Crippen LogP contribution in [-0.2, 0) is 0 Å². The fraction of sp³-hybridized carbons (Fsp3) is 0. The van der Waals surface area contributed by atoms with Crippen molar-refractivity contribution in [1.29, 1.82) is 0 Å². The van der Waals surface area contributed by atoms with E-state index in [0.717, 1.165) is 11.4 Å². The van der Waals surface area contributed by atoms with Crippen molar-refractivity contribution in [1.82, 2.24) is 0 Å². The second-order valence-corrected chi connectivity index (χ2v) is 15.4. The van der Waals surface area contributed by atoms with Gasteiger partial charge in [-0.05, 0) is 90.6 Å². The van der Waals surface area contributed by atoms with Crippen molar-refractivity contribution >= 4 is 80.9 Å². The monoisotopic (exact) mass is 729 g/mol. The van der Waals surface area contributed by atoms with Gasteiger partial charge in [0.1, 0.15) is 0 Å². The van der Waals surface area contributed by atoms with E-state index in [1.165, 1.54) is 91.6 Å².